The van der Waals surface area contributed by atoms with Gasteiger partial charge in [-0.2, -0.15) is 0 Å². The molecule has 5 rings (SSSR count). The van der Waals surface area contributed by atoms with Crippen molar-refractivity contribution in [1.29, 1.82) is 0 Å². The first-order valence-electron chi connectivity index (χ1n) is 12.0. The summed E-state index contributed by atoms with van der Waals surface area (Å²) in [6.07, 6.45) is 0.527. The summed E-state index contributed by atoms with van der Waals surface area (Å²) in [7, 11) is 3.62. The van der Waals surface area contributed by atoms with Gasteiger partial charge in [-0.05, 0) is 71.8 Å². The summed E-state index contributed by atoms with van der Waals surface area (Å²) < 4.78 is 28.1. The Kier molecular flexibility index (Phi) is 5.38. The number of methoxy groups -OCH3 is 1. The number of carbonyl (C=O) groups is 2. The van der Waals surface area contributed by atoms with Gasteiger partial charge in [-0.15, -0.1) is 0 Å². The largest absolute Gasteiger partial charge is 0.509 e. The van der Waals surface area contributed by atoms with Gasteiger partial charge in [-0.3, -0.25) is 0 Å². The zero-order valence-corrected chi connectivity index (χ0v) is 21.0. The minimum Gasteiger partial charge on any atom is -0.493 e. The Morgan fingerprint density at radius 1 is 1.29 bits per heavy atom. The Labute approximate surface area is 204 Å². The number of aliphatic hydroxyl groups is 1. The standard InChI is InChI=1S/C26H33NO8/c1-14(32-23(29)35-24(2,3)4)22(28)33-17-9-10-26(30)18-13-15-7-8-16(31-6)20-19(15)25(26,21(17)34-20)11-12-27(18)5/h7-9,14,18,21,30H,10-13H2,1-6H3. The molecule has 5 unspecified atom stereocenters. The maximum absolute atomic E-state index is 12.9. The van der Waals surface area contributed by atoms with Crippen LogP contribution in [-0.2, 0) is 30.8 Å². The molecule has 1 aromatic carbocycles. The van der Waals surface area contributed by atoms with E-state index < -0.39 is 40.9 Å². The van der Waals surface area contributed by atoms with E-state index in [1.807, 2.05) is 19.2 Å². The van der Waals surface area contributed by atoms with E-state index >= 15 is 0 Å². The minimum absolute atomic E-state index is 0.0999. The monoisotopic (exact) mass is 487 g/mol. The highest BCUT2D eigenvalue weighted by molar-refractivity contribution is 5.78. The molecule has 2 bridgehead atoms. The van der Waals surface area contributed by atoms with Crippen molar-refractivity contribution in [2.45, 2.75) is 81.8 Å². The second-order valence-electron chi connectivity index (χ2n) is 10.9. The number of rotatable bonds is 4. The second kappa shape index (κ2) is 7.86. The molecule has 0 aromatic heterocycles. The van der Waals surface area contributed by atoms with Crippen molar-refractivity contribution < 1.29 is 38.4 Å². The van der Waals surface area contributed by atoms with Gasteiger partial charge in [0.1, 0.15) is 11.4 Å². The third-order valence-electron chi connectivity index (χ3n) is 7.77. The number of esters is 1. The fourth-order valence-electron chi connectivity index (χ4n) is 6.25. The number of nitrogens with zero attached hydrogens (tertiary/aromatic N) is 1. The molecule has 9 nitrogen and oxygen atoms in total. The van der Waals surface area contributed by atoms with Gasteiger partial charge in [0.05, 0.1) is 18.1 Å². The number of hydrogen-bond donors (Lipinski definition) is 1. The van der Waals surface area contributed by atoms with Crippen molar-refractivity contribution in [3.63, 3.8) is 0 Å². The van der Waals surface area contributed by atoms with Crippen LogP contribution in [0, 0.1) is 0 Å². The molecule has 1 N–H and O–H groups in total. The van der Waals surface area contributed by atoms with E-state index in [9.17, 15) is 14.7 Å². The van der Waals surface area contributed by atoms with Crippen molar-refractivity contribution in [3.8, 4) is 11.5 Å². The Morgan fingerprint density at radius 2 is 2.03 bits per heavy atom. The van der Waals surface area contributed by atoms with Crippen LogP contribution in [0.25, 0.3) is 0 Å². The average molecular weight is 488 g/mol. The number of piperidine rings is 1. The molecule has 0 amide bonds. The zero-order valence-electron chi connectivity index (χ0n) is 21.0. The molecular weight excluding hydrogens is 454 g/mol. The molecule has 1 saturated heterocycles. The number of ether oxygens (including phenoxy) is 5. The SMILES string of the molecule is COc1ccc2c3c1OC1C(OC(=O)C(C)OC(=O)OC(C)(C)C)=CCC4(O)C(C2)N(C)CCC314. The summed E-state index contributed by atoms with van der Waals surface area (Å²) in [5.41, 5.74) is -0.556. The first-order valence-corrected chi connectivity index (χ1v) is 12.0. The molecule has 5 atom stereocenters. The molecule has 0 saturated carbocycles. The van der Waals surface area contributed by atoms with Gasteiger partial charge < -0.3 is 33.7 Å². The lowest BCUT2D eigenvalue weighted by Crippen LogP contribution is -2.74. The molecule has 190 valence electrons. The summed E-state index contributed by atoms with van der Waals surface area (Å²) in [6, 6.07) is 3.82. The van der Waals surface area contributed by atoms with Crippen LogP contribution in [0.1, 0.15) is 51.7 Å². The molecule has 1 aromatic rings. The summed E-state index contributed by atoms with van der Waals surface area (Å²) >= 11 is 0. The number of benzene rings is 1. The maximum atomic E-state index is 12.9. The van der Waals surface area contributed by atoms with Crippen molar-refractivity contribution >= 4 is 12.1 Å². The van der Waals surface area contributed by atoms with Gasteiger partial charge in [0.25, 0.3) is 0 Å². The van der Waals surface area contributed by atoms with Crippen molar-refractivity contribution in [3.05, 3.63) is 35.1 Å². The van der Waals surface area contributed by atoms with Crippen LogP contribution in [0.2, 0.25) is 0 Å². The zero-order chi connectivity index (χ0) is 25.3. The highest BCUT2D eigenvalue weighted by Crippen LogP contribution is 2.65. The van der Waals surface area contributed by atoms with Crippen LogP contribution >= 0.6 is 0 Å². The van der Waals surface area contributed by atoms with Crippen molar-refractivity contribution in [2.75, 3.05) is 20.7 Å². The average Bonchev–Trinajstić information content (AvgIpc) is 3.12. The predicted molar refractivity (Wildman–Crippen MR) is 124 cm³/mol. The third kappa shape index (κ3) is 3.42. The molecule has 35 heavy (non-hydrogen) atoms. The minimum atomic E-state index is -1.19. The summed E-state index contributed by atoms with van der Waals surface area (Å²) in [5.74, 6) is 0.752. The van der Waals surface area contributed by atoms with Crippen LogP contribution in [0.15, 0.2) is 24.0 Å². The van der Waals surface area contributed by atoms with Crippen molar-refractivity contribution in [1.82, 2.24) is 4.90 Å². The van der Waals surface area contributed by atoms with Gasteiger partial charge in [0, 0.05) is 18.0 Å². The molecular formula is C26H33NO8. The Bertz CT molecular complexity index is 1110. The second-order valence-corrected chi connectivity index (χ2v) is 10.9. The molecule has 0 radical (unpaired) electrons. The van der Waals surface area contributed by atoms with E-state index in [2.05, 4.69) is 4.90 Å². The molecule has 2 aliphatic heterocycles. The number of likely N-dealkylation sites (tertiary alicyclic amines) is 1. The van der Waals surface area contributed by atoms with E-state index in [0.717, 1.165) is 17.7 Å². The summed E-state index contributed by atoms with van der Waals surface area (Å²) in [4.78, 5) is 27.1. The molecule has 2 heterocycles. The third-order valence-corrected chi connectivity index (χ3v) is 7.77. The highest BCUT2D eigenvalue weighted by atomic mass is 16.7. The fraction of sp³-hybridized carbons (Fsp3) is 0.615. The lowest BCUT2D eigenvalue weighted by molar-refractivity contribution is -0.172. The van der Waals surface area contributed by atoms with Gasteiger partial charge in [-0.25, -0.2) is 9.59 Å². The Morgan fingerprint density at radius 3 is 2.71 bits per heavy atom. The van der Waals surface area contributed by atoms with Crippen LogP contribution in [0.4, 0.5) is 4.79 Å². The Hall–Kier alpha value is -2.78. The summed E-state index contributed by atoms with van der Waals surface area (Å²) in [6.45, 7) is 7.33. The highest BCUT2D eigenvalue weighted by Gasteiger charge is 2.72. The number of hydrogen-bond acceptors (Lipinski definition) is 9. The van der Waals surface area contributed by atoms with Gasteiger partial charge in [-0.1, -0.05) is 6.07 Å². The lowest BCUT2D eigenvalue weighted by Gasteiger charge is -2.61. The quantitative estimate of drug-likeness (QED) is 0.642. The normalized spacial score (nSPS) is 31.5. The van der Waals surface area contributed by atoms with E-state index in [0.29, 0.717) is 36.5 Å². The maximum Gasteiger partial charge on any atom is 0.509 e. The molecule has 9 heteroatoms. The van der Waals surface area contributed by atoms with Crippen LogP contribution in [0.5, 0.6) is 11.5 Å². The Balaban J connectivity index is 1.47. The molecule has 2 aliphatic carbocycles. The van der Waals surface area contributed by atoms with E-state index in [-0.39, 0.29) is 6.04 Å². The topological polar surface area (TPSA) is 104 Å². The first kappa shape index (κ1) is 23.9. The van der Waals surface area contributed by atoms with Crippen molar-refractivity contribution in [2.24, 2.45) is 0 Å². The van der Waals surface area contributed by atoms with Gasteiger partial charge >= 0.3 is 12.1 Å². The van der Waals surface area contributed by atoms with E-state index in [1.54, 1.807) is 34.0 Å². The number of likely N-dealkylation sites (N-methyl/N-ethyl adjacent to an activating group) is 1. The summed E-state index contributed by atoms with van der Waals surface area (Å²) in [5, 5.41) is 12.2. The van der Waals surface area contributed by atoms with Gasteiger partial charge in [0.15, 0.2) is 23.7 Å². The molecule has 4 aliphatic rings. The molecule has 1 spiro atoms. The molecule has 1 fully saturated rings. The smallest absolute Gasteiger partial charge is 0.493 e. The van der Waals surface area contributed by atoms with E-state index in [1.165, 1.54) is 6.92 Å². The van der Waals surface area contributed by atoms with Crippen LogP contribution < -0.4 is 9.47 Å². The first-order chi connectivity index (χ1) is 16.4. The van der Waals surface area contributed by atoms with Gasteiger partial charge in [0.2, 0.25) is 0 Å². The predicted octanol–water partition coefficient (Wildman–Crippen LogP) is 2.86. The van der Waals surface area contributed by atoms with Crippen LogP contribution in [0.3, 0.4) is 0 Å². The fourth-order valence-corrected chi connectivity index (χ4v) is 6.25. The van der Waals surface area contributed by atoms with E-state index in [4.69, 9.17) is 23.7 Å². The number of carbonyl (C=O) groups excluding carboxylic acids is 2. The lowest BCUT2D eigenvalue weighted by atomic mass is 9.50. The van der Waals surface area contributed by atoms with Crippen LogP contribution in [-0.4, -0.2) is 72.3 Å².